The first kappa shape index (κ1) is 9.21. The second-order valence-corrected chi connectivity index (χ2v) is 3.33. The van der Waals surface area contributed by atoms with Gasteiger partial charge in [-0.15, -0.1) is 0 Å². The number of ether oxygens (including phenoxy) is 1. The molecule has 1 saturated heterocycles. The van der Waals surface area contributed by atoms with Gasteiger partial charge >= 0.3 is 0 Å². The Morgan fingerprint density at radius 2 is 2.14 bits per heavy atom. The molecule has 0 aliphatic carbocycles. The molecule has 2 rings (SSSR count). The van der Waals surface area contributed by atoms with Crippen LogP contribution in [-0.4, -0.2) is 36.3 Å². The second-order valence-electron chi connectivity index (χ2n) is 3.33. The molecule has 0 unspecified atom stereocenters. The summed E-state index contributed by atoms with van der Waals surface area (Å²) in [5, 5.41) is 0. The van der Waals surface area contributed by atoms with E-state index in [1.165, 1.54) is 0 Å². The monoisotopic (exact) mass is 194 g/mol. The van der Waals surface area contributed by atoms with Crippen LogP contribution in [0.1, 0.15) is 5.56 Å². The van der Waals surface area contributed by atoms with Crippen LogP contribution >= 0.6 is 0 Å². The molecule has 5 nitrogen and oxygen atoms in total. The van der Waals surface area contributed by atoms with Crippen LogP contribution in [0, 0.1) is 6.92 Å². The molecule has 2 heterocycles. The topological polar surface area (TPSA) is 64.3 Å². The highest BCUT2D eigenvalue weighted by Crippen LogP contribution is 2.17. The van der Waals surface area contributed by atoms with Gasteiger partial charge in [0.25, 0.3) is 0 Å². The van der Waals surface area contributed by atoms with E-state index >= 15 is 0 Å². The van der Waals surface area contributed by atoms with Crippen molar-refractivity contribution in [2.75, 3.05) is 36.9 Å². The highest BCUT2D eigenvalue weighted by atomic mass is 16.5. The van der Waals surface area contributed by atoms with E-state index in [0.717, 1.165) is 37.7 Å². The lowest BCUT2D eigenvalue weighted by Gasteiger charge is -2.28. The number of anilines is 2. The summed E-state index contributed by atoms with van der Waals surface area (Å²) in [6.45, 7) is 5.24. The minimum atomic E-state index is 0.331. The SMILES string of the molecule is Cc1cnc(N)nc1N1CCOCC1. The molecule has 0 aromatic carbocycles. The molecule has 1 aliphatic rings. The van der Waals surface area contributed by atoms with E-state index in [9.17, 15) is 0 Å². The van der Waals surface area contributed by atoms with Gasteiger partial charge in [-0.25, -0.2) is 4.98 Å². The first-order valence-electron chi connectivity index (χ1n) is 4.69. The third kappa shape index (κ3) is 1.77. The lowest BCUT2D eigenvalue weighted by atomic mass is 10.3. The van der Waals surface area contributed by atoms with Gasteiger partial charge in [-0.05, 0) is 6.92 Å². The fraction of sp³-hybridized carbons (Fsp3) is 0.556. The minimum absolute atomic E-state index is 0.331. The van der Waals surface area contributed by atoms with E-state index in [0.29, 0.717) is 5.95 Å². The van der Waals surface area contributed by atoms with E-state index < -0.39 is 0 Å². The van der Waals surface area contributed by atoms with Crippen molar-refractivity contribution in [3.05, 3.63) is 11.8 Å². The first-order valence-corrected chi connectivity index (χ1v) is 4.69. The number of nitrogens with zero attached hydrogens (tertiary/aromatic N) is 3. The van der Waals surface area contributed by atoms with Crippen molar-refractivity contribution in [2.45, 2.75) is 6.92 Å². The molecular formula is C9H14N4O. The van der Waals surface area contributed by atoms with Crippen molar-refractivity contribution in [3.8, 4) is 0 Å². The maximum absolute atomic E-state index is 5.55. The number of rotatable bonds is 1. The molecule has 0 saturated carbocycles. The Morgan fingerprint density at radius 3 is 2.86 bits per heavy atom. The highest BCUT2D eigenvalue weighted by molar-refractivity contribution is 5.48. The van der Waals surface area contributed by atoms with Gasteiger partial charge in [-0.1, -0.05) is 0 Å². The maximum Gasteiger partial charge on any atom is 0.221 e. The molecule has 1 aromatic heterocycles. The van der Waals surface area contributed by atoms with E-state index in [-0.39, 0.29) is 0 Å². The van der Waals surface area contributed by atoms with Gasteiger partial charge in [0.15, 0.2) is 0 Å². The van der Waals surface area contributed by atoms with Gasteiger partial charge in [0.05, 0.1) is 13.2 Å². The van der Waals surface area contributed by atoms with Crippen LogP contribution in [0.5, 0.6) is 0 Å². The fourth-order valence-electron chi connectivity index (χ4n) is 1.54. The zero-order valence-corrected chi connectivity index (χ0v) is 8.23. The van der Waals surface area contributed by atoms with Gasteiger partial charge in [0.1, 0.15) is 5.82 Å². The quantitative estimate of drug-likeness (QED) is 0.692. The van der Waals surface area contributed by atoms with Gasteiger partial charge in [-0.3, -0.25) is 0 Å². The predicted octanol–water partition coefficient (Wildman–Crippen LogP) is 0.204. The average Bonchev–Trinajstić information content (AvgIpc) is 2.23. The molecule has 5 heteroatoms. The zero-order chi connectivity index (χ0) is 9.97. The van der Waals surface area contributed by atoms with Crippen molar-refractivity contribution >= 4 is 11.8 Å². The molecule has 0 radical (unpaired) electrons. The molecular weight excluding hydrogens is 180 g/mol. The van der Waals surface area contributed by atoms with Crippen LogP contribution in [0.15, 0.2) is 6.20 Å². The molecule has 0 spiro atoms. The van der Waals surface area contributed by atoms with Crippen LogP contribution in [0.25, 0.3) is 0 Å². The molecule has 14 heavy (non-hydrogen) atoms. The van der Waals surface area contributed by atoms with Gasteiger partial charge in [0, 0.05) is 24.8 Å². The molecule has 0 amide bonds. The lowest BCUT2D eigenvalue weighted by molar-refractivity contribution is 0.122. The summed E-state index contributed by atoms with van der Waals surface area (Å²) >= 11 is 0. The largest absolute Gasteiger partial charge is 0.378 e. The van der Waals surface area contributed by atoms with Gasteiger partial charge in [-0.2, -0.15) is 4.98 Å². The van der Waals surface area contributed by atoms with Crippen LogP contribution in [0.4, 0.5) is 11.8 Å². The summed E-state index contributed by atoms with van der Waals surface area (Å²) in [4.78, 5) is 10.4. The molecule has 1 fully saturated rings. The summed E-state index contributed by atoms with van der Waals surface area (Å²) in [5.41, 5.74) is 6.61. The Balaban J connectivity index is 2.24. The summed E-state index contributed by atoms with van der Waals surface area (Å²) < 4.78 is 5.27. The number of morpholine rings is 1. The van der Waals surface area contributed by atoms with Crippen LogP contribution in [0.3, 0.4) is 0 Å². The van der Waals surface area contributed by atoms with Crippen LogP contribution in [0.2, 0.25) is 0 Å². The number of aryl methyl sites for hydroxylation is 1. The number of hydrogen-bond donors (Lipinski definition) is 1. The van der Waals surface area contributed by atoms with E-state index in [1.54, 1.807) is 6.20 Å². The van der Waals surface area contributed by atoms with Crippen molar-refractivity contribution in [3.63, 3.8) is 0 Å². The van der Waals surface area contributed by atoms with Gasteiger partial charge < -0.3 is 15.4 Å². The first-order chi connectivity index (χ1) is 6.77. The summed E-state index contributed by atoms with van der Waals surface area (Å²) in [6.07, 6.45) is 1.76. The second kappa shape index (κ2) is 3.79. The summed E-state index contributed by atoms with van der Waals surface area (Å²) in [7, 11) is 0. The number of aromatic nitrogens is 2. The number of hydrogen-bond acceptors (Lipinski definition) is 5. The lowest BCUT2D eigenvalue weighted by Crippen LogP contribution is -2.37. The normalized spacial score (nSPS) is 17.1. The molecule has 1 aromatic rings. The Labute approximate surface area is 82.9 Å². The standard InChI is InChI=1S/C9H14N4O/c1-7-6-11-9(10)12-8(7)13-2-4-14-5-3-13/h6H,2-5H2,1H3,(H2,10,11,12). The van der Waals surface area contributed by atoms with E-state index in [1.807, 2.05) is 6.92 Å². The third-order valence-electron chi connectivity index (χ3n) is 2.27. The van der Waals surface area contributed by atoms with Crippen molar-refractivity contribution < 1.29 is 4.74 Å². The Bertz CT molecular complexity index is 323. The van der Waals surface area contributed by atoms with E-state index in [4.69, 9.17) is 10.5 Å². The Morgan fingerprint density at radius 1 is 1.43 bits per heavy atom. The number of nitrogen functional groups attached to an aromatic ring is 1. The molecule has 2 N–H and O–H groups in total. The Hall–Kier alpha value is -1.36. The predicted molar refractivity (Wildman–Crippen MR) is 54.2 cm³/mol. The fourth-order valence-corrected chi connectivity index (χ4v) is 1.54. The Kier molecular flexibility index (Phi) is 2.49. The van der Waals surface area contributed by atoms with Gasteiger partial charge in [0.2, 0.25) is 5.95 Å². The molecule has 1 aliphatic heterocycles. The summed E-state index contributed by atoms with van der Waals surface area (Å²) in [6, 6.07) is 0. The zero-order valence-electron chi connectivity index (χ0n) is 8.23. The van der Waals surface area contributed by atoms with Crippen LogP contribution < -0.4 is 10.6 Å². The highest BCUT2D eigenvalue weighted by Gasteiger charge is 2.14. The number of nitrogens with two attached hydrogens (primary N) is 1. The van der Waals surface area contributed by atoms with Crippen molar-refractivity contribution in [2.24, 2.45) is 0 Å². The van der Waals surface area contributed by atoms with E-state index in [2.05, 4.69) is 14.9 Å². The molecule has 0 atom stereocenters. The third-order valence-corrected chi connectivity index (χ3v) is 2.27. The molecule has 76 valence electrons. The minimum Gasteiger partial charge on any atom is -0.378 e. The molecule has 0 bridgehead atoms. The smallest absolute Gasteiger partial charge is 0.221 e. The van der Waals surface area contributed by atoms with Crippen molar-refractivity contribution in [1.82, 2.24) is 9.97 Å². The van der Waals surface area contributed by atoms with Crippen LogP contribution in [-0.2, 0) is 4.74 Å². The maximum atomic E-state index is 5.55. The van der Waals surface area contributed by atoms with Crippen molar-refractivity contribution in [1.29, 1.82) is 0 Å². The average molecular weight is 194 g/mol. The summed E-state index contributed by atoms with van der Waals surface area (Å²) in [5.74, 6) is 1.26.